The number of primary amides is 1. The molecule has 0 saturated carbocycles. The summed E-state index contributed by atoms with van der Waals surface area (Å²) in [4.78, 5) is 33.8. The van der Waals surface area contributed by atoms with Crippen LogP contribution in [0.2, 0.25) is 0 Å². The van der Waals surface area contributed by atoms with Crippen LogP contribution in [0.5, 0.6) is 0 Å². The highest BCUT2D eigenvalue weighted by Crippen LogP contribution is 2.12. The van der Waals surface area contributed by atoms with Crippen molar-refractivity contribution in [1.29, 1.82) is 0 Å². The highest BCUT2D eigenvalue weighted by Gasteiger charge is 2.21. The van der Waals surface area contributed by atoms with E-state index in [1.165, 1.54) is 0 Å². The monoisotopic (exact) mass is 375 g/mol. The van der Waals surface area contributed by atoms with Gasteiger partial charge >= 0.3 is 12.1 Å². The smallest absolute Gasteiger partial charge is 0.408 e. The number of alkyl carbamates (subject to hydrolysis) is 1. The Morgan fingerprint density at radius 1 is 1.27 bits per heavy atom. The zero-order chi connectivity index (χ0) is 20.5. The Labute approximate surface area is 153 Å². The number of alkyl halides is 1. The minimum absolute atomic E-state index is 0.00892. The second-order valence-corrected chi connectivity index (χ2v) is 7.06. The SMILES string of the molecule is C/C(=C(/CF)CNC(CCC(=O)O)C(N)=O)[C@H](C)NC(=O)OC(C)(C)C. The molecule has 2 amide bonds. The van der Waals surface area contributed by atoms with Gasteiger partial charge in [0.05, 0.1) is 12.1 Å². The summed E-state index contributed by atoms with van der Waals surface area (Å²) in [5, 5.41) is 14.1. The van der Waals surface area contributed by atoms with Gasteiger partial charge in [-0.05, 0) is 52.2 Å². The molecule has 0 aliphatic rings. The summed E-state index contributed by atoms with van der Waals surface area (Å²) in [6.07, 6.45) is -0.841. The van der Waals surface area contributed by atoms with E-state index < -0.39 is 42.3 Å². The van der Waals surface area contributed by atoms with Gasteiger partial charge in [-0.1, -0.05) is 0 Å². The molecule has 0 heterocycles. The summed E-state index contributed by atoms with van der Waals surface area (Å²) in [6.45, 7) is 7.77. The van der Waals surface area contributed by atoms with Crippen molar-refractivity contribution in [2.75, 3.05) is 13.2 Å². The van der Waals surface area contributed by atoms with Crippen molar-refractivity contribution < 1.29 is 28.6 Å². The van der Waals surface area contributed by atoms with Gasteiger partial charge in [-0.2, -0.15) is 0 Å². The highest BCUT2D eigenvalue weighted by molar-refractivity contribution is 5.80. The maximum atomic E-state index is 13.4. The molecule has 150 valence electrons. The standard InChI is InChI=1S/C17H30FN3O5/c1-10(11(2)21-16(25)26-17(3,4)5)12(8-18)9-20-13(15(19)24)6-7-14(22)23/h11,13,20H,6-9H2,1-5H3,(H2,19,24)(H,21,25)(H,22,23)/b12-10+/t11-,13?/m0/s1. The third-order valence-electron chi connectivity index (χ3n) is 3.65. The Balaban J connectivity index is 4.90. The van der Waals surface area contributed by atoms with Crippen LogP contribution in [0.1, 0.15) is 47.5 Å². The highest BCUT2D eigenvalue weighted by atomic mass is 19.1. The number of rotatable bonds is 10. The van der Waals surface area contributed by atoms with Gasteiger partial charge in [0.25, 0.3) is 0 Å². The molecule has 0 bridgehead atoms. The van der Waals surface area contributed by atoms with Gasteiger partial charge in [-0.25, -0.2) is 9.18 Å². The number of hydrogen-bond acceptors (Lipinski definition) is 5. The molecule has 8 nitrogen and oxygen atoms in total. The van der Waals surface area contributed by atoms with E-state index in [1.54, 1.807) is 34.6 Å². The van der Waals surface area contributed by atoms with Crippen LogP contribution < -0.4 is 16.4 Å². The number of halogens is 1. The van der Waals surface area contributed by atoms with E-state index in [1.807, 2.05) is 0 Å². The van der Waals surface area contributed by atoms with Gasteiger partial charge in [-0.15, -0.1) is 0 Å². The predicted molar refractivity (Wildman–Crippen MR) is 95.4 cm³/mol. The minimum atomic E-state index is -1.05. The number of carboxylic acids is 1. The lowest BCUT2D eigenvalue weighted by Gasteiger charge is -2.23. The number of aliphatic carboxylic acids is 1. The van der Waals surface area contributed by atoms with Gasteiger partial charge in [0, 0.05) is 13.0 Å². The maximum Gasteiger partial charge on any atom is 0.408 e. The third kappa shape index (κ3) is 9.97. The quantitative estimate of drug-likeness (QED) is 0.428. The summed E-state index contributed by atoms with van der Waals surface area (Å²) in [5.74, 6) is -1.76. The Bertz CT molecular complexity index is 543. The Hall–Kier alpha value is -2.16. The molecule has 0 fully saturated rings. The van der Waals surface area contributed by atoms with Crippen LogP contribution in [0.3, 0.4) is 0 Å². The van der Waals surface area contributed by atoms with E-state index in [4.69, 9.17) is 15.6 Å². The molecule has 0 aromatic carbocycles. The van der Waals surface area contributed by atoms with Gasteiger partial charge in [0.2, 0.25) is 5.91 Å². The lowest BCUT2D eigenvalue weighted by molar-refractivity contribution is -0.137. The first-order valence-electron chi connectivity index (χ1n) is 8.35. The lowest BCUT2D eigenvalue weighted by Crippen LogP contribution is -2.43. The number of nitrogens with two attached hydrogens (primary N) is 1. The van der Waals surface area contributed by atoms with Gasteiger partial charge in [-0.3, -0.25) is 9.59 Å². The van der Waals surface area contributed by atoms with Crippen molar-refractivity contribution in [3.63, 3.8) is 0 Å². The molecule has 0 saturated heterocycles. The first kappa shape index (κ1) is 23.8. The molecular weight excluding hydrogens is 345 g/mol. The van der Waals surface area contributed by atoms with Gasteiger partial charge in [0.15, 0.2) is 0 Å². The Morgan fingerprint density at radius 2 is 1.85 bits per heavy atom. The van der Waals surface area contributed by atoms with Gasteiger partial charge < -0.3 is 26.2 Å². The number of carboxylic acid groups (broad SMARTS) is 1. The van der Waals surface area contributed by atoms with E-state index in [-0.39, 0.29) is 19.4 Å². The van der Waals surface area contributed by atoms with Crippen LogP contribution in [0.15, 0.2) is 11.1 Å². The molecule has 5 N–H and O–H groups in total. The maximum absolute atomic E-state index is 13.4. The second kappa shape index (κ2) is 10.7. The van der Waals surface area contributed by atoms with Crippen LogP contribution >= 0.6 is 0 Å². The van der Waals surface area contributed by atoms with Crippen molar-refractivity contribution in [2.24, 2.45) is 5.73 Å². The Kier molecular flexibility index (Phi) is 9.85. The molecule has 0 aromatic rings. The van der Waals surface area contributed by atoms with Crippen molar-refractivity contribution in [3.05, 3.63) is 11.1 Å². The van der Waals surface area contributed by atoms with Crippen LogP contribution in [0.25, 0.3) is 0 Å². The topological polar surface area (TPSA) is 131 Å². The summed E-state index contributed by atoms with van der Waals surface area (Å²) < 4.78 is 18.5. The van der Waals surface area contributed by atoms with E-state index >= 15 is 0 Å². The molecule has 0 aliphatic heterocycles. The van der Waals surface area contributed by atoms with E-state index in [0.29, 0.717) is 11.1 Å². The van der Waals surface area contributed by atoms with Crippen LogP contribution in [-0.2, 0) is 14.3 Å². The van der Waals surface area contributed by atoms with E-state index in [0.717, 1.165) is 0 Å². The minimum Gasteiger partial charge on any atom is -0.481 e. The summed E-state index contributed by atoms with van der Waals surface area (Å²) in [6, 6.07) is -1.36. The number of nitrogens with one attached hydrogen (secondary N) is 2. The molecule has 0 aliphatic carbocycles. The summed E-state index contributed by atoms with van der Waals surface area (Å²) in [5.41, 5.74) is 5.50. The normalized spacial score (nSPS) is 14.8. The fraction of sp³-hybridized carbons (Fsp3) is 0.706. The van der Waals surface area contributed by atoms with Crippen LogP contribution in [-0.4, -0.2) is 54.0 Å². The fourth-order valence-corrected chi connectivity index (χ4v) is 2.05. The van der Waals surface area contributed by atoms with Crippen molar-refractivity contribution >= 4 is 18.0 Å². The number of hydrogen-bond donors (Lipinski definition) is 4. The molecular formula is C17H30FN3O5. The molecule has 9 heteroatoms. The number of carbonyl (C=O) groups excluding carboxylic acids is 2. The molecule has 0 radical (unpaired) electrons. The molecule has 26 heavy (non-hydrogen) atoms. The Morgan fingerprint density at radius 3 is 2.27 bits per heavy atom. The van der Waals surface area contributed by atoms with Crippen LogP contribution in [0, 0.1) is 0 Å². The van der Waals surface area contributed by atoms with Crippen molar-refractivity contribution in [3.8, 4) is 0 Å². The number of carbonyl (C=O) groups is 3. The first-order chi connectivity index (χ1) is 11.9. The third-order valence-corrected chi connectivity index (χ3v) is 3.65. The molecule has 0 rings (SSSR count). The molecule has 1 unspecified atom stereocenters. The van der Waals surface area contributed by atoms with Crippen LogP contribution in [0.4, 0.5) is 9.18 Å². The molecule has 0 spiro atoms. The second-order valence-electron chi connectivity index (χ2n) is 7.06. The van der Waals surface area contributed by atoms with E-state index in [9.17, 15) is 18.8 Å². The molecule has 2 atom stereocenters. The van der Waals surface area contributed by atoms with Crippen molar-refractivity contribution in [2.45, 2.75) is 65.1 Å². The van der Waals surface area contributed by atoms with Gasteiger partial charge in [0.1, 0.15) is 12.3 Å². The average Bonchev–Trinajstić information content (AvgIpc) is 2.47. The molecule has 0 aromatic heterocycles. The zero-order valence-electron chi connectivity index (χ0n) is 16.0. The number of ether oxygens (including phenoxy) is 1. The van der Waals surface area contributed by atoms with Crippen molar-refractivity contribution in [1.82, 2.24) is 10.6 Å². The predicted octanol–water partition coefficient (Wildman–Crippen LogP) is 1.49. The summed E-state index contributed by atoms with van der Waals surface area (Å²) in [7, 11) is 0. The summed E-state index contributed by atoms with van der Waals surface area (Å²) >= 11 is 0. The fourth-order valence-electron chi connectivity index (χ4n) is 2.05. The number of amides is 2. The first-order valence-corrected chi connectivity index (χ1v) is 8.35. The average molecular weight is 375 g/mol. The van der Waals surface area contributed by atoms with E-state index in [2.05, 4.69) is 10.6 Å². The lowest BCUT2D eigenvalue weighted by atomic mass is 10.0. The largest absolute Gasteiger partial charge is 0.481 e. The zero-order valence-corrected chi connectivity index (χ0v) is 16.0.